The summed E-state index contributed by atoms with van der Waals surface area (Å²) in [6, 6.07) is 12.6. The second-order valence-corrected chi connectivity index (χ2v) is 8.72. The van der Waals surface area contributed by atoms with Gasteiger partial charge in [0.25, 0.3) is 0 Å². The summed E-state index contributed by atoms with van der Waals surface area (Å²) < 4.78 is 13.5. The number of likely N-dealkylation sites (tertiary alicyclic amines) is 1. The molecule has 0 amide bonds. The third-order valence-corrected chi connectivity index (χ3v) is 6.53. The number of pyridine rings is 1. The van der Waals surface area contributed by atoms with Crippen molar-refractivity contribution in [2.45, 2.75) is 25.4 Å². The molecule has 0 radical (unpaired) electrons. The summed E-state index contributed by atoms with van der Waals surface area (Å²) in [6.07, 6.45) is 6.02. The Labute approximate surface area is 180 Å². The minimum atomic E-state index is -0.339. The molecule has 30 heavy (non-hydrogen) atoms. The van der Waals surface area contributed by atoms with Crippen LogP contribution >= 0.6 is 11.6 Å². The number of hydrogen-bond acceptors (Lipinski definition) is 5. The molecule has 0 spiro atoms. The van der Waals surface area contributed by atoms with Gasteiger partial charge in [-0.1, -0.05) is 11.6 Å². The molecule has 1 aromatic carbocycles. The van der Waals surface area contributed by atoms with Gasteiger partial charge in [0.2, 0.25) is 0 Å². The third-order valence-electron chi connectivity index (χ3n) is 6.20. The molecule has 5 rings (SSSR count). The van der Waals surface area contributed by atoms with Crippen molar-refractivity contribution in [1.29, 1.82) is 0 Å². The van der Waals surface area contributed by atoms with Crippen molar-refractivity contribution in [2.24, 2.45) is 11.8 Å². The smallest absolute Gasteiger partial charge is 0.148 e. The lowest BCUT2D eigenvalue weighted by Crippen LogP contribution is -2.25. The van der Waals surface area contributed by atoms with Gasteiger partial charge in [0, 0.05) is 43.6 Å². The number of halogens is 2. The average molecular weight is 424 g/mol. The van der Waals surface area contributed by atoms with Gasteiger partial charge in [0.15, 0.2) is 0 Å². The van der Waals surface area contributed by atoms with E-state index in [2.05, 4.69) is 37.5 Å². The van der Waals surface area contributed by atoms with Crippen LogP contribution in [-0.4, -0.2) is 39.2 Å². The standard InChI is InChI=1S/C23H23ClFN5/c24-21-2-1-18(25)11-20(21)22-3-4-23(29-28-22)27-19-9-16-13-30(14-17(16)10-19)12-15-5-7-26-8-6-15/h1-8,11,16-17,19H,9-10,12-14H2,(H,27,29)/t16-,17+,19?. The van der Waals surface area contributed by atoms with Gasteiger partial charge in [-0.15, -0.1) is 10.2 Å². The molecule has 0 bridgehead atoms. The lowest BCUT2D eigenvalue weighted by molar-refractivity contribution is 0.301. The molecule has 2 fully saturated rings. The minimum absolute atomic E-state index is 0.339. The van der Waals surface area contributed by atoms with Gasteiger partial charge in [0.1, 0.15) is 11.6 Å². The van der Waals surface area contributed by atoms with Crippen molar-refractivity contribution in [3.05, 3.63) is 71.3 Å². The van der Waals surface area contributed by atoms with E-state index in [9.17, 15) is 4.39 Å². The molecule has 3 heterocycles. The van der Waals surface area contributed by atoms with Crippen LogP contribution in [-0.2, 0) is 6.54 Å². The summed E-state index contributed by atoms with van der Waals surface area (Å²) in [4.78, 5) is 6.65. The Morgan fingerprint density at radius 2 is 1.77 bits per heavy atom. The van der Waals surface area contributed by atoms with E-state index in [1.54, 1.807) is 0 Å². The van der Waals surface area contributed by atoms with E-state index in [1.165, 1.54) is 23.8 Å². The monoisotopic (exact) mass is 423 g/mol. The van der Waals surface area contributed by atoms with Crippen molar-refractivity contribution in [3.8, 4) is 11.3 Å². The van der Waals surface area contributed by atoms with Crippen LogP contribution in [0.1, 0.15) is 18.4 Å². The number of nitrogens with one attached hydrogen (secondary N) is 1. The maximum absolute atomic E-state index is 13.5. The van der Waals surface area contributed by atoms with Crippen LogP contribution in [0, 0.1) is 17.7 Å². The molecular formula is C23H23ClFN5. The Balaban J connectivity index is 1.17. The van der Waals surface area contributed by atoms with Gasteiger partial charge < -0.3 is 5.32 Å². The fourth-order valence-corrected chi connectivity index (χ4v) is 5.06. The second-order valence-electron chi connectivity index (χ2n) is 8.31. The Morgan fingerprint density at radius 3 is 2.47 bits per heavy atom. The highest BCUT2D eigenvalue weighted by Crippen LogP contribution is 2.39. The zero-order valence-electron chi connectivity index (χ0n) is 16.5. The normalized spacial score (nSPS) is 23.5. The molecule has 154 valence electrons. The van der Waals surface area contributed by atoms with E-state index in [0.717, 1.165) is 50.1 Å². The van der Waals surface area contributed by atoms with Gasteiger partial charge in [0.05, 0.1) is 10.7 Å². The Bertz CT molecular complexity index is 1000. The highest BCUT2D eigenvalue weighted by Gasteiger charge is 2.40. The molecule has 1 aliphatic carbocycles. The van der Waals surface area contributed by atoms with Crippen molar-refractivity contribution in [2.75, 3.05) is 18.4 Å². The molecule has 5 nitrogen and oxygen atoms in total. The van der Waals surface area contributed by atoms with Gasteiger partial charge in [-0.3, -0.25) is 9.88 Å². The Morgan fingerprint density at radius 1 is 1.00 bits per heavy atom. The number of hydrogen-bond donors (Lipinski definition) is 1. The van der Waals surface area contributed by atoms with Crippen LogP contribution in [0.4, 0.5) is 10.2 Å². The van der Waals surface area contributed by atoms with Gasteiger partial charge >= 0.3 is 0 Å². The maximum Gasteiger partial charge on any atom is 0.148 e. The summed E-state index contributed by atoms with van der Waals surface area (Å²) >= 11 is 6.17. The predicted molar refractivity (Wildman–Crippen MR) is 116 cm³/mol. The quantitative estimate of drug-likeness (QED) is 0.647. The summed E-state index contributed by atoms with van der Waals surface area (Å²) in [7, 11) is 0. The van der Waals surface area contributed by atoms with Gasteiger partial charge in [-0.2, -0.15) is 0 Å². The molecule has 1 unspecified atom stereocenters. The first-order valence-corrected chi connectivity index (χ1v) is 10.7. The van der Waals surface area contributed by atoms with Crippen LogP contribution in [0.5, 0.6) is 0 Å². The largest absolute Gasteiger partial charge is 0.366 e. The average Bonchev–Trinajstić information content (AvgIpc) is 3.29. The maximum atomic E-state index is 13.5. The SMILES string of the molecule is Fc1ccc(Cl)c(-c2ccc(NC3C[C@@H]4CN(Cc5ccncc5)C[C@@H]4C3)nn2)c1. The first-order chi connectivity index (χ1) is 14.6. The molecular weight excluding hydrogens is 401 g/mol. The zero-order chi connectivity index (χ0) is 20.5. The first kappa shape index (κ1) is 19.4. The highest BCUT2D eigenvalue weighted by atomic mass is 35.5. The minimum Gasteiger partial charge on any atom is -0.366 e. The van der Waals surface area contributed by atoms with Crippen molar-refractivity contribution < 1.29 is 4.39 Å². The Kier molecular flexibility index (Phi) is 5.35. The molecule has 3 aromatic rings. The number of aromatic nitrogens is 3. The van der Waals surface area contributed by atoms with Crippen LogP contribution in [0.2, 0.25) is 5.02 Å². The van der Waals surface area contributed by atoms with Gasteiger partial charge in [-0.25, -0.2) is 4.39 Å². The molecule has 1 aliphatic heterocycles. The molecule has 1 N–H and O–H groups in total. The van der Waals surface area contributed by atoms with E-state index >= 15 is 0 Å². The van der Waals surface area contributed by atoms with Crippen molar-refractivity contribution in [1.82, 2.24) is 20.1 Å². The lowest BCUT2D eigenvalue weighted by Gasteiger charge is -2.19. The second kappa shape index (κ2) is 8.28. The summed E-state index contributed by atoms with van der Waals surface area (Å²) in [5, 5.41) is 12.5. The lowest BCUT2D eigenvalue weighted by atomic mass is 10.0. The third kappa shape index (κ3) is 4.16. The van der Waals surface area contributed by atoms with Crippen LogP contribution in [0.15, 0.2) is 54.9 Å². The predicted octanol–water partition coefficient (Wildman–Crippen LogP) is 4.65. The summed E-state index contributed by atoms with van der Waals surface area (Å²) in [5.74, 6) is 1.86. The molecule has 3 atom stereocenters. The number of fused-ring (bicyclic) bond motifs is 1. The van der Waals surface area contributed by atoms with E-state index in [1.807, 2.05) is 24.5 Å². The van der Waals surface area contributed by atoms with Crippen molar-refractivity contribution >= 4 is 17.4 Å². The zero-order valence-corrected chi connectivity index (χ0v) is 17.3. The number of anilines is 1. The van der Waals surface area contributed by atoms with E-state index in [-0.39, 0.29) is 5.82 Å². The molecule has 7 heteroatoms. The van der Waals surface area contributed by atoms with E-state index < -0.39 is 0 Å². The highest BCUT2D eigenvalue weighted by molar-refractivity contribution is 6.33. The topological polar surface area (TPSA) is 53.9 Å². The fraction of sp³-hybridized carbons (Fsp3) is 0.348. The molecule has 1 saturated heterocycles. The first-order valence-electron chi connectivity index (χ1n) is 10.3. The number of nitrogens with zero attached hydrogens (tertiary/aromatic N) is 4. The molecule has 2 aliphatic rings. The number of rotatable bonds is 5. The van der Waals surface area contributed by atoms with Crippen molar-refractivity contribution in [3.63, 3.8) is 0 Å². The molecule has 2 aromatic heterocycles. The van der Waals surface area contributed by atoms with Crippen LogP contribution < -0.4 is 5.32 Å². The van der Waals surface area contributed by atoms with E-state index in [0.29, 0.717) is 22.3 Å². The fourth-order valence-electron chi connectivity index (χ4n) is 4.85. The molecule has 1 saturated carbocycles. The van der Waals surface area contributed by atoms with E-state index in [4.69, 9.17) is 11.6 Å². The van der Waals surface area contributed by atoms with Crippen LogP contribution in [0.25, 0.3) is 11.3 Å². The summed E-state index contributed by atoms with van der Waals surface area (Å²) in [6.45, 7) is 3.30. The Hall–Kier alpha value is -2.57. The van der Waals surface area contributed by atoms with Crippen LogP contribution in [0.3, 0.4) is 0 Å². The van der Waals surface area contributed by atoms with Gasteiger partial charge in [-0.05, 0) is 72.7 Å². The summed E-state index contributed by atoms with van der Waals surface area (Å²) in [5.41, 5.74) is 2.45. The number of benzene rings is 1.